The zero-order valence-corrected chi connectivity index (χ0v) is 49.9. The van der Waals surface area contributed by atoms with Gasteiger partial charge in [-0.15, -0.1) is 6.58 Å². The van der Waals surface area contributed by atoms with E-state index in [2.05, 4.69) is 72.5 Å². The Kier molecular flexibility index (Phi) is 21.1. The van der Waals surface area contributed by atoms with E-state index >= 15 is 0 Å². The van der Waals surface area contributed by atoms with Gasteiger partial charge in [0.15, 0.2) is 34.0 Å². The van der Waals surface area contributed by atoms with Gasteiger partial charge in [-0.05, 0) is 78.3 Å². The van der Waals surface area contributed by atoms with Crippen LogP contribution in [-0.2, 0) is 33.4 Å². The Morgan fingerprint density at radius 1 is 0.753 bits per heavy atom. The van der Waals surface area contributed by atoms with Crippen molar-refractivity contribution in [2.24, 2.45) is 5.41 Å². The minimum atomic E-state index is -2.42. The molecule has 2 aliphatic heterocycles. The second-order valence-electron chi connectivity index (χ2n) is 21.6. The van der Waals surface area contributed by atoms with E-state index in [-0.39, 0.29) is 68.8 Å². The van der Waals surface area contributed by atoms with E-state index in [1.54, 1.807) is 71.1 Å². The molecule has 10 unspecified atom stereocenters. The second-order valence-corrected chi connectivity index (χ2v) is 22.7. The zero-order valence-electron chi connectivity index (χ0n) is 49.0. The third-order valence-electron chi connectivity index (χ3n) is 16.1. The molecule has 5 aromatic carbocycles. The van der Waals surface area contributed by atoms with Crippen LogP contribution < -0.4 is 15.4 Å². The SMILES string of the molecule is C.C=CCC(C)(CC)C(CC#N)OP(OCC1OC(n2cnc3c(NC(=O)c4ccccc4)ncnc32)CC1O)OC1CC(n2cnc3c(NC(=O)c4ccccc4)ncnc32)OC1COC(c1ccccc1)(c1ccc(C)cc1)c1ccc(OC)cc1.O. The molecule has 0 saturated carbocycles. The number of carbonyl (C=O) groups excluding carboxylic acids is 2. The maximum absolute atomic E-state index is 13.5. The summed E-state index contributed by atoms with van der Waals surface area (Å²) in [6.45, 7) is 9.89. The van der Waals surface area contributed by atoms with Gasteiger partial charge in [-0.3, -0.25) is 18.7 Å². The number of nitrogens with one attached hydrogen (secondary N) is 2. The number of benzene rings is 5. The quantitative estimate of drug-likeness (QED) is 0.0272. The lowest BCUT2D eigenvalue weighted by atomic mass is 9.77. The molecule has 5 N–H and O–H groups in total. The van der Waals surface area contributed by atoms with Crippen LogP contribution in [0.2, 0.25) is 0 Å². The predicted octanol–water partition coefficient (Wildman–Crippen LogP) is 11.2. The Morgan fingerprint density at radius 2 is 1.27 bits per heavy atom. The summed E-state index contributed by atoms with van der Waals surface area (Å²) in [5, 5.41) is 27.9. The Labute approximate surface area is 517 Å². The molecule has 6 heterocycles. The summed E-state index contributed by atoms with van der Waals surface area (Å²) in [6, 6.07) is 45.9. The number of aliphatic hydroxyl groups is 1. The van der Waals surface area contributed by atoms with Gasteiger partial charge in [0.2, 0.25) is 0 Å². The Bertz CT molecular complexity index is 3860. The highest BCUT2D eigenvalue weighted by Crippen LogP contribution is 2.52. The van der Waals surface area contributed by atoms with Gasteiger partial charge in [0.05, 0.1) is 63.8 Å². The van der Waals surface area contributed by atoms with Crippen molar-refractivity contribution in [2.45, 2.75) is 109 Å². The van der Waals surface area contributed by atoms with Gasteiger partial charge in [0.25, 0.3) is 11.8 Å². The molecule has 2 saturated heterocycles. The molecule has 0 radical (unpaired) electrons. The Balaban J connectivity index is 0.00000470. The van der Waals surface area contributed by atoms with Gasteiger partial charge in [-0.25, -0.2) is 29.9 Å². The number of allylic oxidation sites excluding steroid dienone is 1. The van der Waals surface area contributed by atoms with Crippen LogP contribution in [0, 0.1) is 23.7 Å². The number of nitrogens with zero attached hydrogens (tertiary/aromatic N) is 9. The number of ether oxygens (including phenoxy) is 4. The molecule has 0 spiro atoms. The summed E-state index contributed by atoms with van der Waals surface area (Å²) >= 11 is 0. The fraction of sp³-hybridized carbons (Fsp3) is 0.318. The number of amides is 2. The molecule has 4 aromatic heterocycles. The van der Waals surface area contributed by atoms with E-state index in [0.29, 0.717) is 52.0 Å². The number of aryl methyl sites for hydroxylation is 1. The number of hydrogen-bond donors (Lipinski definition) is 3. The summed E-state index contributed by atoms with van der Waals surface area (Å²) in [7, 11) is -0.793. The second kappa shape index (κ2) is 29.1. The molecule has 2 aliphatic rings. The van der Waals surface area contributed by atoms with Crippen molar-refractivity contribution in [1.82, 2.24) is 39.0 Å². The zero-order chi connectivity index (χ0) is 60.5. The Hall–Kier alpha value is -8.72. The largest absolute Gasteiger partial charge is 0.497 e. The van der Waals surface area contributed by atoms with Crippen molar-refractivity contribution in [3.8, 4) is 11.8 Å². The summed E-state index contributed by atoms with van der Waals surface area (Å²) in [5.74, 6) is 0.359. The van der Waals surface area contributed by atoms with Crippen molar-refractivity contribution >= 4 is 54.4 Å². The molecule has 0 aliphatic carbocycles. The highest BCUT2D eigenvalue weighted by atomic mass is 31.2. The number of carbonyl (C=O) groups is 2. The molecule has 11 rings (SSSR count). The molecule has 23 heteroatoms. The molecular formula is C66H72N11O11P. The number of aliphatic hydroxyl groups excluding tert-OH is 1. The molecule has 0 bridgehead atoms. The topological polar surface area (TPSA) is 286 Å². The van der Waals surface area contributed by atoms with Crippen LogP contribution in [-0.4, -0.2) is 112 Å². The number of fused-ring (bicyclic) bond motifs is 2. The first kappa shape index (κ1) is 64.7. The van der Waals surface area contributed by atoms with E-state index in [4.69, 9.17) is 37.5 Å². The maximum Gasteiger partial charge on any atom is 0.333 e. The molecule has 10 atom stereocenters. The van der Waals surface area contributed by atoms with Crippen molar-refractivity contribution in [3.63, 3.8) is 0 Å². The third-order valence-corrected chi connectivity index (χ3v) is 17.3. The summed E-state index contributed by atoms with van der Waals surface area (Å²) in [6.07, 6.45) is 3.19. The number of methoxy groups -OCH3 is 1. The monoisotopic (exact) mass is 1230 g/mol. The van der Waals surface area contributed by atoms with E-state index in [1.807, 2.05) is 93.6 Å². The molecular weight excluding hydrogens is 1150 g/mol. The summed E-state index contributed by atoms with van der Waals surface area (Å²) in [4.78, 5) is 53.8. The van der Waals surface area contributed by atoms with Crippen LogP contribution in [0.1, 0.15) is 109 Å². The summed E-state index contributed by atoms with van der Waals surface area (Å²) < 4.78 is 51.2. The number of aromatic nitrogens is 8. The number of imidazole rings is 2. The molecule has 9 aromatic rings. The lowest BCUT2D eigenvalue weighted by Gasteiger charge is -2.38. The number of anilines is 2. The van der Waals surface area contributed by atoms with E-state index in [1.165, 1.54) is 19.0 Å². The van der Waals surface area contributed by atoms with Crippen LogP contribution >= 0.6 is 8.60 Å². The van der Waals surface area contributed by atoms with E-state index in [0.717, 1.165) is 22.3 Å². The molecule has 2 fully saturated rings. The first-order valence-electron chi connectivity index (χ1n) is 28.6. The van der Waals surface area contributed by atoms with Gasteiger partial charge >= 0.3 is 8.60 Å². The average Bonchev–Trinajstić information content (AvgIpc) is 1.88. The van der Waals surface area contributed by atoms with Crippen molar-refractivity contribution in [2.75, 3.05) is 31.0 Å². The fourth-order valence-electron chi connectivity index (χ4n) is 11.0. The normalized spacial score (nSPS) is 20.0. The first-order valence-corrected chi connectivity index (χ1v) is 29.7. The number of nitriles is 1. The van der Waals surface area contributed by atoms with E-state index < -0.39 is 62.6 Å². The van der Waals surface area contributed by atoms with Gasteiger partial charge in [-0.1, -0.05) is 136 Å². The standard InChI is InChI=1S/C65H66N11O10P.CH4.H2O/c1-6-32-64(4,7-2)53(31-33-66)86-87(82-37-51-49(77)34-54(83-51)75-40-71-56-58(67-38-69-60(56)75)73-62(78)43-17-11-8-12-18-43)85-50-35-55(76-41-72-57-59(68-39-70-61(57)76)74-63(79)44-19-13-9-14-20-44)84-52(50)36-81-65(45-21-15-10-16-22-45,46-25-23-42(3)24-26-46)47-27-29-48(80-5)30-28-47;;/h6,8-30,38-41,49-55,77H,1,7,31-32,34-37H2,2-5H3,(H,67,69,73,78)(H,68,70,74,79);1H4;1H2. The van der Waals surface area contributed by atoms with Crippen LogP contribution in [0.25, 0.3) is 22.3 Å². The van der Waals surface area contributed by atoms with Crippen LogP contribution in [0.15, 0.2) is 177 Å². The number of hydrogen-bond acceptors (Lipinski definition) is 17. The third kappa shape index (κ3) is 13.9. The first-order chi connectivity index (χ1) is 42.4. The van der Waals surface area contributed by atoms with Gasteiger partial charge in [-0.2, -0.15) is 5.26 Å². The highest BCUT2D eigenvalue weighted by Gasteiger charge is 2.47. The van der Waals surface area contributed by atoms with Crippen molar-refractivity contribution in [1.29, 1.82) is 5.26 Å². The average molecular weight is 1230 g/mol. The van der Waals surface area contributed by atoms with Crippen LogP contribution in [0.5, 0.6) is 5.75 Å². The predicted molar refractivity (Wildman–Crippen MR) is 335 cm³/mol. The van der Waals surface area contributed by atoms with Crippen LogP contribution in [0.4, 0.5) is 11.6 Å². The molecule has 89 heavy (non-hydrogen) atoms. The summed E-state index contributed by atoms with van der Waals surface area (Å²) in [5.41, 5.74) is 4.11. The maximum atomic E-state index is 13.5. The van der Waals surface area contributed by atoms with Crippen molar-refractivity contribution in [3.05, 3.63) is 211 Å². The van der Waals surface area contributed by atoms with Crippen molar-refractivity contribution < 1.29 is 52.7 Å². The van der Waals surface area contributed by atoms with Gasteiger partial charge in [0, 0.05) is 24.0 Å². The van der Waals surface area contributed by atoms with Gasteiger partial charge < -0.3 is 53.7 Å². The fourth-order valence-corrected chi connectivity index (χ4v) is 12.4. The lowest BCUT2D eigenvalue weighted by molar-refractivity contribution is -0.0942. The smallest absolute Gasteiger partial charge is 0.333 e. The molecule has 22 nitrogen and oxygen atoms in total. The van der Waals surface area contributed by atoms with Crippen LogP contribution in [0.3, 0.4) is 0 Å². The van der Waals surface area contributed by atoms with E-state index in [9.17, 15) is 20.0 Å². The molecule has 462 valence electrons. The van der Waals surface area contributed by atoms with Gasteiger partial charge in [0.1, 0.15) is 48.7 Å². The minimum Gasteiger partial charge on any atom is -0.497 e. The molecule has 2 amide bonds. The Morgan fingerprint density at radius 3 is 1.80 bits per heavy atom. The number of rotatable bonds is 25. The minimum absolute atomic E-state index is 0. The highest BCUT2D eigenvalue weighted by molar-refractivity contribution is 7.41. The lowest BCUT2D eigenvalue weighted by Crippen LogP contribution is -2.38.